The van der Waals surface area contributed by atoms with Crippen molar-refractivity contribution in [2.45, 2.75) is 49.8 Å². The van der Waals surface area contributed by atoms with E-state index < -0.39 is 30.9 Å². The number of nitrogens with zero attached hydrogens (tertiary/aromatic N) is 2. The van der Waals surface area contributed by atoms with Crippen molar-refractivity contribution in [2.24, 2.45) is 0 Å². The molecule has 8 heteroatoms. The number of ether oxygens (including phenoxy) is 2. The maximum Gasteiger partial charge on any atom is 0.232 e. The van der Waals surface area contributed by atoms with Crippen molar-refractivity contribution in [2.75, 3.05) is 13.6 Å². The molecule has 2 aliphatic rings. The zero-order valence-corrected chi connectivity index (χ0v) is 12.8. The van der Waals surface area contributed by atoms with Gasteiger partial charge in [0.1, 0.15) is 18.3 Å². The minimum absolute atomic E-state index is 0.203. The summed E-state index contributed by atoms with van der Waals surface area (Å²) in [4.78, 5) is 6.45. The van der Waals surface area contributed by atoms with Gasteiger partial charge in [0.25, 0.3) is 0 Å². The molecular weight excluding hydrogens is 304 g/mol. The van der Waals surface area contributed by atoms with Gasteiger partial charge in [0.05, 0.1) is 0 Å². The lowest BCUT2D eigenvalue weighted by Crippen LogP contribution is -2.59. The summed E-state index contributed by atoms with van der Waals surface area (Å²) >= 11 is 0. The molecule has 0 spiro atoms. The molecule has 6 atom stereocenters. The minimum atomic E-state index is -1.63. The average Bonchev–Trinajstić information content (AvgIpc) is 2.97. The monoisotopic (exact) mass is 326 g/mol. The van der Waals surface area contributed by atoms with Crippen LogP contribution >= 0.6 is 0 Å². The number of aliphatic hydroxyl groups excluding tert-OH is 4. The van der Waals surface area contributed by atoms with E-state index in [-0.39, 0.29) is 5.88 Å². The number of rotatable bonds is 3. The Bertz CT molecular complexity index is 527. The summed E-state index contributed by atoms with van der Waals surface area (Å²) < 4.78 is 10.3. The predicted octanol–water partition coefficient (Wildman–Crippen LogP) is -1.02. The molecule has 8 nitrogen and oxygen atoms in total. The molecule has 6 unspecified atom stereocenters. The first-order valence-corrected chi connectivity index (χ1v) is 7.68. The molecular formula is C15H22N2O6. The Morgan fingerprint density at radius 2 is 1.96 bits per heavy atom. The van der Waals surface area contributed by atoms with Gasteiger partial charge in [-0.1, -0.05) is 6.07 Å². The molecule has 23 heavy (non-hydrogen) atoms. The molecule has 1 aromatic rings. The number of likely N-dealkylation sites (tertiary alicyclic amines) is 1. The highest BCUT2D eigenvalue weighted by Crippen LogP contribution is 2.30. The van der Waals surface area contributed by atoms with Crippen LogP contribution in [0.5, 0.6) is 5.88 Å². The lowest BCUT2D eigenvalue weighted by molar-refractivity contribution is -0.321. The Kier molecular flexibility index (Phi) is 4.81. The van der Waals surface area contributed by atoms with Crippen LogP contribution in [0.4, 0.5) is 0 Å². The Morgan fingerprint density at radius 1 is 1.17 bits per heavy atom. The van der Waals surface area contributed by atoms with Crippen molar-refractivity contribution in [3.8, 4) is 5.88 Å². The van der Waals surface area contributed by atoms with Gasteiger partial charge in [0.15, 0.2) is 6.29 Å². The molecule has 4 N–H and O–H groups in total. The third-order valence-corrected chi connectivity index (χ3v) is 4.45. The van der Waals surface area contributed by atoms with Crippen molar-refractivity contribution >= 4 is 0 Å². The first-order valence-electron chi connectivity index (χ1n) is 7.68. The molecule has 0 amide bonds. The van der Waals surface area contributed by atoms with Gasteiger partial charge < -0.3 is 29.9 Å². The van der Waals surface area contributed by atoms with Gasteiger partial charge in [-0.15, -0.1) is 0 Å². The smallest absolute Gasteiger partial charge is 0.232 e. The lowest BCUT2D eigenvalue weighted by Gasteiger charge is -2.37. The van der Waals surface area contributed by atoms with Gasteiger partial charge in [0, 0.05) is 18.3 Å². The lowest BCUT2D eigenvalue weighted by atomic mass is 10.0. The molecule has 2 saturated heterocycles. The quantitative estimate of drug-likeness (QED) is 0.558. The zero-order valence-electron chi connectivity index (χ0n) is 12.8. The van der Waals surface area contributed by atoms with Crippen molar-refractivity contribution in [3.63, 3.8) is 0 Å². The van der Waals surface area contributed by atoms with Crippen LogP contribution in [0, 0.1) is 0 Å². The third kappa shape index (κ3) is 3.32. The molecule has 0 aliphatic carbocycles. The van der Waals surface area contributed by atoms with Crippen LogP contribution in [0.3, 0.4) is 0 Å². The van der Waals surface area contributed by atoms with E-state index in [9.17, 15) is 20.4 Å². The second-order valence-corrected chi connectivity index (χ2v) is 6.05. The van der Waals surface area contributed by atoms with Crippen LogP contribution in [0.25, 0.3) is 0 Å². The molecule has 2 aliphatic heterocycles. The summed E-state index contributed by atoms with van der Waals surface area (Å²) in [6, 6.07) is 3.89. The summed E-state index contributed by atoms with van der Waals surface area (Å²) in [6.07, 6.45) is -3.64. The molecule has 0 radical (unpaired) electrons. The summed E-state index contributed by atoms with van der Waals surface area (Å²) in [7, 11) is 2.07. The van der Waals surface area contributed by atoms with Crippen molar-refractivity contribution in [1.29, 1.82) is 0 Å². The molecule has 3 rings (SSSR count). The Morgan fingerprint density at radius 3 is 2.57 bits per heavy atom. The van der Waals surface area contributed by atoms with Gasteiger partial charge in [-0.3, -0.25) is 4.90 Å². The zero-order chi connectivity index (χ0) is 16.6. The number of hydrogen-bond acceptors (Lipinski definition) is 8. The summed E-state index contributed by atoms with van der Waals surface area (Å²) in [6.45, 7) is 1.06. The normalized spacial score (nSPS) is 38.7. The highest BCUT2D eigenvalue weighted by Gasteiger charge is 2.44. The summed E-state index contributed by atoms with van der Waals surface area (Å²) in [5.41, 5.74) is 1.08. The van der Waals surface area contributed by atoms with Crippen LogP contribution in [0.2, 0.25) is 0 Å². The Labute approximate surface area is 133 Å². The molecule has 2 fully saturated rings. The van der Waals surface area contributed by atoms with Crippen LogP contribution in [-0.2, 0) is 4.74 Å². The first-order chi connectivity index (χ1) is 11.0. The van der Waals surface area contributed by atoms with Gasteiger partial charge in [-0.2, -0.15) is 0 Å². The van der Waals surface area contributed by atoms with Crippen LogP contribution in [0.1, 0.15) is 24.4 Å². The van der Waals surface area contributed by atoms with E-state index >= 15 is 0 Å². The minimum Gasteiger partial charge on any atom is -0.445 e. The molecule has 0 saturated carbocycles. The number of hydrogen-bond donors (Lipinski definition) is 4. The van der Waals surface area contributed by atoms with Crippen LogP contribution < -0.4 is 4.74 Å². The van der Waals surface area contributed by atoms with Crippen LogP contribution in [0.15, 0.2) is 18.3 Å². The van der Waals surface area contributed by atoms with E-state index in [0.717, 1.165) is 24.9 Å². The molecule has 0 aromatic carbocycles. The van der Waals surface area contributed by atoms with Gasteiger partial charge in [0.2, 0.25) is 12.2 Å². The molecule has 1 aromatic heterocycles. The van der Waals surface area contributed by atoms with Crippen molar-refractivity contribution in [3.05, 3.63) is 23.9 Å². The maximum atomic E-state index is 9.84. The van der Waals surface area contributed by atoms with E-state index in [4.69, 9.17) is 9.47 Å². The molecule has 128 valence electrons. The standard InChI is InChI=1S/C15H22N2O6/c1-17-6-2-3-9(17)8-4-5-10(16-7-8)22-15-13(20)11(18)12(19)14(21)23-15/h4-5,7,9,11-15,18-21H,2-3,6H2,1H3. The number of aliphatic hydroxyl groups is 4. The fraction of sp³-hybridized carbons (Fsp3) is 0.667. The van der Waals surface area contributed by atoms with Crippen LogP contribution in [-0.4, -0.2) is 74.8 Å². The third-order valence-electron chi connectivity index (χ3n) is 4.45. The first kappa shape index (κ1) is 16.6. The summed E-state index contributed by atoms with van der Waals surface area (Å²) in [5, 5.41) is 38.4. The van der Waals surface area contributed by atoms with E-state index in [1.54, 1.807) is 12.3 Å². The Hall–Kier alpha value is -1.29. The van der Waals surface area contributed by atoms with Crippen molar-refractivity contribution < 1.29 is 29.9 Å². The Balaban J connectivity index is 1.66. The number of aromatic nitrogens is 1. The topological polar surface area (TPSA) is 116 Å². The second-order valence-electron chi connectivity index (χ2n) is 6.05. The van der Waals surface area contributed by atoms with E-state index in [1.165, 1.54) is 0 Å². The average molecular weight is 326 g/mol. The van der Waals surface area contributed by atoms with Gasteiger partial charge in [-0.05, 0) is 32.0 Å². The van der Waals surface area contributed by atoms with E-state index in [2.05, 4.69) is 16.9 Å². The van der Waals surface area contributed by atoms with E-state index in [0.29, 0.717) is 6.04 Å². The number of pyridine rings is 1. The SMILES string of the molecule is CN1CCCC1c1ccc(OC2OC(O)C(O)C(O)C2O)nc1. The fourth-order valence-corrected chi connectivity index (χ4v) is 3.04. The summed E-state index contributed by atoms with van der Waals surface area (Å²) in [5.74, 6) is 0.203. The largest absolute Gasteiger partial charge is 0.445 e. The highest BCUT2D eigenvalue weighted by molar-refractivity contribution is 5.21. The highest BCUT2D eigenvalue weighted by atomic mass is 16.7. The second kappa shape index (κ2) is 6.68. The van der Waals surface area contributed by atoms with Crippen molar-refractivity contribution in [1.82, 2.24) is 9.88 Å². The van der Waals surface area contributed by atoms with Gasteiger partial charge in [-0.25, -0.2) is 4.98 Å². The molecule has 3 heterocycles. The van der Waals surface area contributed by atoms with E-state index in [1.807, 2.05) is 6.07 Å². The van der Waals surface area contributed by atoms with Gasteiger partial charge >= 0.3 is 0 Å². The maximum absolute atomic E-state index is 9.84. The molecule has 0 bridgehead atoms. The fourth-order valence-electron chi connectivity index (χ4n) is 3.04. The predicted molar refractivity (Wildman–Crippen MR) is 78.4 cm³/mol.